The van der Waals surface area contributed by atoms with Crippen LogP contribution >= 0.6 is 22.7 Å². The molecular weight excluding hydrogens is 473 g/mol. The Labute approximate surface area is 219 Å². The Balaban J connectivity index is 1.24. The zero-order chi connectivity index (χ0) is 23.9. The average Bonchev–Trinajstić information content (AvgIpc) is 3.55. The van der Waals surface area contributed by atoms with Gasteiger partial charge in [0.05, 0.1) is 0 Å². The van der Waals surface area contributed by atoms with Gasteiger partial charge in [-0.25, -0.2) is 0 Å². The molecule has 5 aromatic carbocycles. The first-order chi connectivity index (χ1) is 17.8. The van der Waals surface area contributed by atoms with Crippen molar-refractivity contribution in [3.63, 3.8) is 0 Å². The SMILES string of the molecule is c1ccc(CCc2cc3ccc4cc5c(ccc6cc(CCc7ccccc7)sc65)cc4c3s2)cc1. The van der Waals surface area contributed by atoms with E-state index in [4.69, 9.17) is 0 Å². The first-order valence-corrected chi connectivity index (χ1v) is 14.3. The normalized spacial score (nSPS) is 11.8. The quantitative estimate of drug-likeness (QED) is 0.200. The van der Waals surface area contributed by atoms with E-state index < -0.39 is 0 Å². The summed E-state index contributed by atoms with van der Waals surface area (Å²) in [5.74, 6) is 0. The minimum absolute atomic E-state index is 1.09. The van der Waals surface area contributed by atoms with Crippen LogP contribution < -0.4 is 0 Å². The number of aryl methyl sites for hydroxylation is 4. The summed E-state index contributed by atoms with van der Waals surface area (Å²) < 4.78 is 2.85. The van der Waals surface area contributed by atoms with Gasteiger partial charge in [0.2, 0.25) is 0 Å². The minimum atomic E-state index is 1.09. The summed E-state index contributed by atoms with van der Waals surface area (Å²) in [5, 5.41) is 8.20. The van der Waals surface area contributed by atoms with Gasteiger partial charge < -0.3 is 0 Å². The largest absolute Gasteiger partial charge is 0.140 e. The van der Waals surface area contributed by atoms with Gasteiger partial charge in [0.15, 0.2) is 0 Å². The van der Waals surface area contributed by atoms with E-state index in [1.807, 2.05) is 22.7 Å². The fourth-order valence-electron chi connectivity index (χ4n) is 5.32. The second-order valence-electron chi connectivity index (χ2n) is 9.66. The van der Waals surface area contributed by atoms with E-state index in [-0.39, 0.29) is 0 Å². The first-order valence-electron chi connectivity index (χ1n) is 12.7. The maximum absolute atomic E-state index is 2.42. The number of thiophene rings is 2. The Bertz CT molecular complexity index is 1680. The molecule has 36 heavy (non-hydrogen) atoms. The van der Waals surface area contributed by atoms with Gasteiger partial charge in [-0.2, -0.15) is 0 Å². The van der Waals surface area contributed by atoms with Crippen LogP contribution in [0.5, 0.6) is 0 Å². The Hall–Kier alpha value is -3.46. The zero-order valence-corrected chi connectivity index (χ0v) is 21.7. The molecule has 0 aliphatic carbocycles. The predicted molar refractivity (Wildman–Crippen MR) is 160 cm³/mol. The van der Waals surface area contributed by atoms with E-state index in [0.29, 0.717) is 0 Å². The third kappa shape index (κ3) is 4.11. The van der Waals surface area contributed by atoms with Crippen LogP contribution in [0.2, 0.25) is 0 Å². The monoisotopic (exact) mass is 498 g/mol. The number of fused-ring (bicyclic) bond motifs is 6. The van der Waals surface area contributed by atoms with Crippen LogP contribution in [0.1, 0.15) is 20.9 Å². The molecule has 0 unspecified atom stereocenters. The van der Waals surface area contributed by atoms with Gasteiger partial charge in [-0.3, -0.25) is 0 Å². The molecule has 0 saturated heterocycles. The molecule has 0 radical (unpaired) electrons. The smallest absolute Gasteiger partial charge is 0.0424 e. The van der Waals surface area contributed by atoms with E-state index in [1.54, 1.807) is 0 Å². The third-order valence-electron chi connectivity index (χ3n) is 7.23. The average molecular weight is 499 g/mol. The zero-order valence-electron chi connectivity index (χ0n) is 20.0. The van der Waals surface area contributed by atoms with E-state index in [0.717, 1.165) is 25.7 Å². The molecule has 0 N–H and O–H groups in total. The summed E-state index contributed by atoms with van der Waals surface area (Å²) >= 11 is 3.94. The Morgan fingerprint density at radius 2 is 0.806 bits per heavy atom. The Morgan fingerprint density at radius 1 is 0.389 bits per heavy atom. The van der Waals surface area contributed by atoms with Crippen molar-refractivity contribution in [2.75, 3.05) is 0 Å². The summed E-state index contributed by atoms with van der Waals surface area (Å²) in [4.78, 5) is 2.94. The molecule has 174 valence electrons. The van der Waals surface area contributed by atoms with E-state index in [9.17, 15) is 0 Å². The highest BCUT2D eigenvalue weighted by Crippen LogP contribution is 2.39. The van der Waals surface area contributed by atoms with Crippen LogP contribution in [0.15, 0.2) is 109 Å². The summed E-state index contributed by atoms with van der Waals surface area (Å²) in [7, 11) is 0. The topological polar surface area (TPSA) is 0 Å². The Kier molecular flexibility index (Phi) is 5.57. The lowest BCUT2D eigenvalue weighted by atomic mass is 10.0. The van der Waals surface area contributed by atoms with Crippen molar-refractivity contribution in [2.45, 2.75) is 25.7 Å². The molecule has 0 fully saturated rings. The summed E-state index contributed by atoms with van der Waals surface area (Å²) in [6, 6.07) is 40.5. The highest BCUT2D eigenvalue weighted by atomic mass is 32.1. The van der Waals surface area contributed by atoms with Gasteiger partial charge in [0.1, 0.15) is 0 Å². The number of rotatable bonds is 6. The van der Waals surface area contributed by atoms with Crippen molar-refractivity contribution >= 4 is 64.4 Å². The van der Waals surface area contributed by atoms with Gasteiger partial charge in [0, 0.05) is 29.9 Å². The van der Waals surface area contributed by atoms with Gasteiger partial charge in [-0.1, -0.05) is 84.9 Å². The molecule has 0 aliphatic heterocycles. The lowest BCUT2D eigenvalue weighted by Crippen LogP contribution is -1.87. The van der Waals surface area contributed by atoms with Crippen LogP contribution in [-0.4, -0.2) is 0 Å². The third-order valence-corrected chi connectivity index (χ3v) is 9.71. The molecule has 0 spiro atoms. The van der Waals surface area contributed by atoms with Crippen LogP contribution in [-0.2, 0) is 25.7 Å². The van der Waals surface area contributed by atoms with Crippen LogP contribution in [0, 0.1) is 0 Å². The molecule has 0 atom stereocenters. The summed E-state index contributed by atoms with van der Waals surface area (Å²) in [6.45, 7) is 0. The molecule has 0 amide bonds. The maximum atomic E-state index is 2.42. The van der Waals surface area contributed by atoms with Crippen molar-refractivity contribution in [1.29, 1.82) is 0 Å². The lowest BCUT2D eigenvalue weighted by molar-refractivity contribution is 0.982. The van der Waals surface area contributed by atoms with Crippen molar-refractivity contribution in [3.8, 4) is 0 Å². The first kappa shape index (κ1) is 21.8. The van der Waals surface area contributed by atoms with E-state index in [2.05, 4.69) is 109 Å². The number of hydrogen-bond donors (Lipinski definition) is 0. The molecule has 2 heterocycles. The highest BCUT2D eigenvalue weighted by Gasteiger charge is 2.11. The molecule has 0 nitrogen and oxygen atoms in total. The second-order valence-corrected chi connectivity index (χ2v) is 11.9. The van der Waals surface area contributed by atoms with Crippen LogP contribution in [0.4, 0.5) is 0 Å². The fourth-order valence-corrected chi connectivity index (χ4v) is 7.69. The van der Waals surface area contributed by atoms with E-state index >= 15 is 0 Å². The number of benzene rings is 5. The number of hydrogen-bond acceptors (Lipinski definition) is 2. The van der Waals surface area contributed by atoms with Crippen molar-refractivity contribution in [2.24, 2.45) is 0 Å². The van der Waals surface area contributed by atoms with Crippen molar-refractivity contribution in [3.05, 3.63) is 130 Å². The Morgan fingerprint density at radius 3 is 1.25 bits per heavy atom. The molecule has 2 aromatic heterocycles. The summed E-state index contributed by atoms with van der Waals surface area (Å²) in [5.41, 5.74) is 2.82. The van der Waals surface area contributed by atoms with Gasteiger partial charge >= 0.3 is 0 Å². The second kappa shape index (κ2) is 9.20. The van der Waals surface area contributed by atoms with E-state index in [1.165, 1.54) is 62.6 Å². The standard InChI is InChI=1S/C34H26S2/c1-3-7-23(8-4-1)11-17-29-19-27-15-13-25-22-32-26(21-31(25)33(27)35-29)14-16-28-20-30(36-34(28)32)18-12-24-9-5-2-6-10-24/h1-10,13-16,19-22H,11-12,17-18H2. The van der Waals surface area contributed by atoms with Gasteiger partial charge in [0.25, 0.3) is 0 Å². The molecule has 0 saturated carbocycles. The minimum Gasteiger partial charge on any atom is -0.140 e. The molecule has 0 bridgehead atoms. The molecular formula is C34H26S2. The maximum Gasteiger partial charge on any atom is 0.0424 e. The molecule has 7 rings (SSSR count). The highest BCUT2D eigenvalue weighted by molar-refractivity contribution is 7.20. The lowest BCUT2D eigenvalue weighted by Gasteiger charge is -2.05. The molecule has 7 aromatic rings. The molecule has 0 aliphatic rings. The predicted octanol–water partition coefficient (Wildman–Crippen LogP) is 9.99. The van der Waals surface area contributed by atoms with Gasteiger partial charge in [-0.05, 0) is 82.6 Å². The summed E-state index contributed by atoms with van der Waals surface area (Å²) in [6.07, 6.45) is 4.38. The van der Waals surface area contributed by atoms with Crippen LogP contribution in [0.25, 0.3) is 41.7 Å². The van der Waals surface area contributed by atoms with Crippen LogP contribution in [0.3, 0.4) is 0 Å². The van der Waals surface area contributed by atoms with Crippen molar-refractivity contribution < 1.29 is 0 Å². The fraction of sp³-hybridized carbons (Fsp3) is 0.118. The van der Waals surface area contributed by atoms with Crippen molar-refractivity contribution in [1.82, 2.24) is 0 Å². The molecule has 2 heteroatoms. The van der Waals surface area contributed by atoms with Gasteiger partial charge in [-0.15, -0.1) is 22.7 Å².